The summed E-state index contributed by atoms with van der Waals surface area (Å²) in [6.07, 6.45) is 1.89. The zero-order chi connectivity index (χ0) is 12.6. The van der Waals surface area contributed by atoms with E-state index in [1.807, 2.05) is 18.7 Å². The highest BCUT2D eigenvalue weighted by atomic mass is 127. The highest BCUT2D eigenvalue weighted by Gasteiger charge is 2.29. The molecule has 1 amide bonds. The molecule has 1 aliphatic rings. The third-order valence-corrected chi connectivity index (χ3v) is 3.59. The Morgan fingerprint density at radius 3 is 2.53 bits per heavy atom. The third-order valence-electron chi connectivity index (χ3n) is 2.80. The molecule has 1 aromatic rings. The van der Waals surface area contributed by atoms with E-state index in [2.05, 4.69) is 27.7 Å². The molecule has 0 saturated carbocycles. The number of aryl methyl sites for hydroxylation is 1. The molecular weight excluding hydrogens is 333 g/mol. The van der Waals surface area contributed by atoms with Crippen LogP contribution in [-0.2, 0) is 11.8 Å². The van der Waals surface area contributed by atoms with Gasteiger partial charge in [0.25, 0.3) is 5.91 Å². The minimum atomic E-state index is 0.0383. The number of rotatable bonds is 1. The first kappa shape index (κ1) is 12.8. The number of carbonyl (C=O) groups excluding carboxylic acids is 1. The van der Waals surface area contributed by atoms with Crippen molar-refractivity contribution in [1.82, 2.24) is 14.7 Å². The Balaban J connectivity index is 2.20. The van der Waals surface area contributed by atoms with Crippen molar-refractivity contribution in [3.05, 3.63) is 15.5 Å². The lowest BCUT2D eigenvalue weighted by Crippen LogP contribution is -2.48. The Hall–Kier alpha value is -0.630. The zero-order valence-corrected chi connectivity index (χ0v) is 12.3. The van der Waals surface area contributed by atoms with Crippen LogP contribution in [0.5, 0.6) is 0 Å². The Morgan fingerprint density at radius 2 is 2.06 bits per heavy atom. The maximum atomic E-state index is 12.4. The van der Waals surface area contributed by atoms with Gasteiger partial charge in [0.15, 0.2) is 0 Å². The predicted octanol–water partition coefficient (Wildman–Crippen LogP) is 1.27. The average Bonchev–Trinajstić information content (AvgIpc) is 2.56. The second-order valence-electron chi connectivity index (χ2n) is 4.43. The fourth-order valence-corrected chi connectivity index (χ4v) is 2.85. The van der Waals surface area contributed by atoms with Gasteiger partial charge in [-0.2, -0.15) is 5.10 Å². The van der Waals surface area contributed by atoms with Gasteiger partial charge in [-0.25, -0.2) is 0 Å². The SMILES string of the molecule is C[C@@H]1CN(C(=O)c2c(I)cnn2C)C[C@H](C)O1. The van der Waals surface area contributed by atoms with Crippen LogP contribution < -0.4 is 0 Å². The number of amides is 1. The van der Waals surface area contributed by atoms with E-state index < -0.39 is 0 Å². The van der Waals surface area contributed by atoms with Crippen molar-refractivity contribution in [2.75, 3.05) is 13.1 Å². The van der Waals surface area contributed by atoms with Gasteiger partial charge < -0.3 is 9.64 Å². The van der Waals surface area contributed by atoms with Crippen LogP contribution in [0, 0.1) is 3.57 Å². The molecule has 0 aliphatic carbocycles. The number of aromatic nitrogens is 2. The van der Waals surface area contributed by atoms with Crippen LogP contribution in [0.15, 0.2) is 6.20 Å². The van der Waals surface area contributed by atoms with Gasteiger partial charge in [-0.15, -0.1) is 0 Å². The molecule has 0 radical (unpaired) electrons. The summed E-state index contributed by atoms with van der Waals surface area (Å²) in [6, 6.07) is 0. The van der Waals surface area contributed by atoms with E-state index in [4.69, 9.17) is 4.74 Å². The number of halogens is 1. The molecule has 0 aromatic carbocycles. The first-order valence-corrected chi connectivity index (χ1v) is 6.69. The largest absolute Gasteiger partial charge is 0.372 e. The summed E-state index contributed by atoms with van der Waals surface area (Å²) in [5.41, 5.74) is 0.659. The van der Waals surface area contributed by atoms with Crippen LogP contribution in [0.2, 0.25) is 0 Å². The van der Waals surface area contributed by atoms with Crippen LogP contribution in [0.1, 0.15) is 24.3 Å². The molecule has 1 aliphatic heterocycles. The van der Waals surface area contributed by atoms with Crippen molar-refractivity contribution in [2.45, 2.75) is 26.1 Å². The van der Waals surface area contributed by atoms with Crippen LogP contribution in [-0.4, -0.2) is 45.9 Å². The minimum Gasteiger partial charge on any atom is -0.372 e. The predicted molar refractivity (Wildman–Crippen MR) is 71.8 cm³/mol. The number of morpholine rings is 1. The molecule has 0 unspecified atom stereocenters. The minimum absolute atomic E-state index is 0.0383. The quantitative estimate of drug-likeness (QED) is 0.718. The van der Waals surface area contributed by atoms with Crippen molar-refractivity contribution in [2.24, 2.45) is 7.05 Å². The number of hydrogen-bond donors (Lipinski definition) is 0. The van der Waals surface area contributed by atoms with E-state index in [0.717, 1.165) is 3.57 Å². The molecule has 1 saturated heterocycles. The smallest absolute Gasteiger partial charge is 0.273 e. The summed E-state index contributed by atoms with van der Waals surface area (Å²) >= 11 is 2.14. The third kappa shape index (κ3) is 2.62. The summed E-state index contributed by atoms with van der Waals surface area (Å²) in [6.45, 7) is 5.27. The van der Waals surface area contributed by atoms with E-state index in [1.165, 1.54) is 0 Å². The molecule has 0 spiro atoms. The number of hydrogen-bond acceptors (Lipinski definition) is 3. The second-order valence-corrected chi connectivity index (χ2v) is 5.59. The Morgan fingerprint density at radius 1 is 1.47 bits per heavy atom. The van der Waals surface area contributed by atoms with Gasteiger partial charge in [-0.3, -0.25) is 9.48 Å². The molecule has 94 valence electrons. The lowest BCUT2D eigenvalue weighted by Gasteiger charge is -2.35. The average molecular weight is 349 g/mol. The summed E-state index contributed by atoms with van der Waals surface area (Å²) in [4.78, 5) is 14.2. The summed E-state index contributed by atoms with van der Waals surface area (Å²) in [5.74, 6) is 0.0383. The highest BCUT2D eigenvalue weighted by molar-refractivity contribution is 14.1. The fraction of sp³-hybridized carbons (Fsp3) is 0.636. The van der Waals surface area contributed by atoms with Gasteiger partial charge >= 0.3 is 0 Å². The maximum absolute atomic E-state index is 12.4. The summed E-state index contributed by atoms with van der Waals surface area (Å²) < 4.78 is 8.15. The molecular formula is C11H16IN3O2. The van der Waals surface area contributed by atoms with E-state index >= 15 is 0 Å². The van der Waals surface area contributed by atoms with Crippen LogP contribution >= 0.6 is 22.6 Å². The van der Waals surface area contributed by atoms with E-state index in [1.54, 1.807) is 17.9 Å². The van der Waals surface area contributed by atoms with E-state index in [-0.39, 0.29) is 18.1 Å². The topological polar surface area (TPSA) is 47.4 Å². The molecule has 17 heavy (non-hydrogen) atoms. The van der Waals surface area contributed by atoms with Crippen molar-refractivity contribution in [3.8, 4) is 0 Å². The van der Waals surface area contributed by atoms with Crippen molar-refractivity contribution >= 4 is 28.5 Å². The fourth-order valence-electron chi connectivity index (χ4n) is 2.14. The van der Waals surface area contributed by atoms with Gasteiger partial charge in [0.2, 0.25) is 0 Å². The van der Waals surface area contributed by atoms with Gasteiger partial charge in [0.1, 0.15) is 5.69 Å². The highest BCUT2D eigenvalue weighted by Crippen LogP contribution is 2.17. The molecule has 1 fully saturated rings. The standard InChI is InChI=1S/C11H16IN3O2/c1-7-5-15(6-8(2)17-7)11(16)10-9(12)4-13-14(10)3/h4,7-8H,5-6H2,1-3H3/t7-,8+. The van der Waals surface area contributed by atoms with Gasteiger partial charge in [0.05, 0.1) is 22.0 Å². The first-order chi connectivity index (χ1) is 7.99. The van der Waals surface area contributed by atoms with E-state index in [0.29, 0.717) is 18.8 Å². The molecule has 0 bridgehead atoms. The zero-order valence-electron chi connectivity index (χ0n) is 10.2. The summed E-state index contributed by atoms with van der Waals surface area (Å²) in [5, 5.41) is 4.10. The number of ether oxygens (including phenoxy) is 1. The Labute approximate surface area is 114 Å². The van der Waals surface area contributed by atoms with Crippen LogP contribution in [0.3, 0.4) is 0 Å². The molecule has 2 heterocycles. The van der Waals surface area contributed by atoms with Gasteiger partial charge in [0, 0.05) is 20.1 Å². The lowest BCUT2D eigenvalue weighted by molar-refractivity contribution is -0.0588. The van der Waals surface area contributed by atoms with Gasteiger partial charge in [-0.1, -0.05) is 0 Å². The number of nitrogens with zero attached hydrogens (tertiary/aromatic N) is 3. The molecule has 0 N–H and O–H groups in total. The van der Waals surface area contributed by atoms with Crippen LogP contribution in [0.4, 0.5) is 0 Å². The van der Waals surface area contributed by atoms with Crippen molar-refractivity contribution < 1.29 is 9.53 Å². The molecule has 2 rings (SSSR count). The molecule has 6 heteroatoms. The molecule has 5 nitrogen and oxygen atoms in total. The van der Waals surface area contributed by atoms with Gasteiger partial charge in [-0.05, 0) is 36.4 Å². The van der Waals surface area contributed by atoms with Crippen molar-refractivity contribution in [3.63, 3.8) is 0 Å². The number of carbonyl (C=O) groups is 1. The summed E-state index contributed by atoms with van der Waals surface area (Å²) in [7, 11) is 1.79. The second kappa shape index (κ2) is 4.93. The molecule has 1 aromatic heterocycles. The lowest BCUT2D eigenvalue weighted by atomic mass is 10.2. The molecule has 2 atom stereocenters. The van der Waals surface area contributed by atoms with Crippen LogP contribution in [0.25, 0.3) is 0 Å². The monoisotopic (exact) mass is 349 g/mol. The van der Waals surface area contributed by atoms with E-state index in [9.17, 15) is 4.79 Å². The maximum Gasteiger partial charge on any atom is 0.273 e. The Bertz CT molecular complexity index is 403. The Kier molecular flexibility index (Phi) is 3.72. The van der Waals surface area contributed by atoms with Crippen molar-refractivity contribution in [1.29, 1.82) is 0 Å². The normalized spacial score (nSPS) is 25.1. The first-order valence-electron chi connectivity index (χ1n) is 5.61.